The quantitative estimate of drug-likeness (QED) is 0.417. The fourth-order valence-electron chi connectivity index (χ4n) is 9.69. The molecule has 39 heavy (non-hydrogen) atoms. The van der Waals surface area contributed by atoms with Crippen LogP contribution in [0.5, 0.6) is 0 Å². The number of likely N-dealkylation sites (tertiary alicyclic amines) is 1. The fraction of sp³-hybridized carbons (Fsp3) is 0.543. The highest BCUT2D eigenvalue weighted by Crippen LogP contribution is 2.66. The predicted octanol–water partition coefficient (Wildman–Crippen LogP) is 6.93. The van der Waals surface area contributed by atoms with E-state index in [-0.39, 0.29) is 28.7 Å². The van der Waals surface area contributed by atoms with Crippen molar-refractivity contribution in [3.8, 4) is 0 Å². The summed E-state index contributed by atoms with van der Waals surface area (Å²) < 4.78 is 0. The second kappa shape index (κ2) is 10.3. The maximum Gasteiger partial charge on any atom is 0.224 e. The molecule has 0 spiro atoms. The summed E-state index contributed by atoms with van der Waals surface area (Å²) in [4.78, 5) is 29.1. The highest BCUT2D eigenvalue weighted by molar-refractivity contribution is 5.81. The number of hydrogen-bond donors (Lipinski definition) is 1. The molecule has 4 nitrogen and oxygen atoms in total. The molecule has 1 heterocycles. The monoisotopic (exact) mass is 524 g/mol. The van der Waals surface area contributed by atoms with Crippen molar-refractivity contribution in [3.05, 3.63) is 84.4 Å². The Morgan fingerprint density at radius 2 is 1.56 bits per heavy atom. The summed E-state index contributed by atoms with van der Waals surface area (Å²) in [7, 11) is 0. The van der Waals surface area contributed by atoms with Crippen LogP contribution in [-0.2, 0) is 9.59 Å². The van der Waals surface area contributed by atoms with Gasteiger partial charge in [-0.05, 0) is 84.7 Å². The zero-order valence-electron chi connectivity index (χ0n) is 23.6. The Balaban J connectivity index is 1.23. The van der Waals surface area contributed by atoms with E-state index in [0.717, 1.165) is 43.2 Å². The van der Waals surface area contributed by atoms with Gasteiger partial charge in [0.05, 0.1) is 6.04 Å². The van der Waals surface area contributed by atoms with Crippen molar-refractivity contribution in [2.24, 2.45) is 34.5 Å². The first kappa shape index (κ1) is 26.3. The molecule has 2 unspecified atom stereocenters. The molecule has 2 aromatic rings. The number of nitrogens with one attached hydrogen (secondary N) is 1. The van der Waals surface area contributed by atoms with Crippen LogP contribution in [-0.4, -0.2) is 29.3 Å². The number of rotatable bonds is 6. The summed E-state index contributed by atoms with van der Waals surface area (Å²) in [5.41, 5.74) is 2.47. The first-order valence-electron chi connectivity index (χ1n) is 15.2. The lowest BCUT2D eigenvalue weighted by Crippen LogP contribution is -2.62. The van der Waals surface area contributed by atoms with Gasteiger partial charge in [0, 0.05) is 24.9 Å². The van der Waals surface area contributed by atoms with Crippen LogP contribution in [0.2, 0.25) is 0 Å². The van der Waals surface area contributed by atoms with Gasteiger partial charge in [-0.3, -0.25) is 9.59 Å². The third kappa shape index (κ3) is 4.35. The summed E-state index contributed by atoms with van der Waals surface area (Å²) in [6.07, 6.45) is 10.2. The zero-order valence-corrected chi connectivity index (χ0v) is 23.6. The Morgan fingerprint density at radius 3 is 2.21 bits per heavy atom. The van der Waals surface area contributed by atoms with E-state index in [1.54, 1.807) is 0 Å². The molecule has 0 aromatic heterocycles. The number of nitrogens with zero attached hydrogens (tertiary/aromatic N) is 1. The molecule has 6 rings (SSSR count). The number of benzene rings is 2. The van der Waals surface area contributed by atoms with Gasteiger partial charge in [-0.1, -0.05) is 80.6 Å². The van der Waals surface area contributed by atoms with Gasteiger partial charge in [-0.2, -0.15) is 0 Å². The number of carbonyl (C=O) groups is 2. The molecule has 0 bridgehead atoms. The third-order valence-electron chi connectivity index (χ3n) is 11.6. The molecule has 4 fully saturated rings. The first-order valence-corrected chi connectivity index (χ1v) is 15.2. The number of piperidine rings is 1. The predicted molar refractivity (Wildman–Crippen MR) is 156 cm³/mol. The second-order valence-corrected chi connectivity index (χ2v) is 13.2. The Kier molecular flexibility index (Phi) is 6.93. The minimum atomic E-state index is -0.135. The van der Waals surface area contributed by atoms with Crippen LogP contribution in [0.15, 0.2) is 73.3 Å². The average molecular weight is 525 g/mol. The lowest BCUT2D eigenvalue weighted by atomic mass is 9.46. The van der Waals surface area contributed by atoms with E-state index in [2.05, 4.69) is 79.2 Å². The molecule has 1 saturated heterocycles. The SMILES string of the molecule is C=CCN1C(=O)CC[C@@]2(C)C1CC[C@@H]1[C@H]2CC[C@]2(C)C(C(=O)NC(c3ccccc3)c3ccccc3)CC[C@@H]12. The summed E-state index contributed by atoms with van der Waals surface area (Å²) in [6.45, 7) is 9.51. The number of fused-ring (bicyclic) bond motifs is 5. The van der Waals surface area contributed by atoms with Crippen molar-refractivity contribution >= 4 is 11.8 Å². The normalized spacial score (nSPS) is 35.6. The Bertz CT molecular complexity index is 1170. The third-order valence-corrected chi connectivity index (χ3v) is 11.6. The van der Waals surface area contributed by atoms with Crippen LogP contribution in [0.1, 0.15) is 82.4 Å². The highest BCUT2D eigenvalue weighted by Gasteiger charge is 2.62. The van der Waals surface area contributed by atoms with Crippen LogP contribution < -0.4 is 5.32 Å². The molecule has 3 saturated carbocycles. The molecule has 1 aliphatic heterocycles. The van der Waals surface area contributed by atoms with Gasteiger partial charge in [0.2, 0.25) is 11.8 Å². The van der Waals surface area contributed by atoms with E-state index in [1.165, 1.54) is 12.8 Å². The maximum atomic E-state index is 14.1. The molecule has 3 aliphatic carbocycles. The second-order valence-electron chi connectivity index (χ2n) is 13.2. The van der Waals surface area contributed by atoms with E-state index in [9.17, 15) is 9.59 Å². The zero-order chi connectivity index (χ0) is 27.2. The topological polar surface area (TPSA) is 49.4 Å². The Labute approximate surface area is 234 Å². The van der Waals surface area contributed by atoms with E-state index in [1.807, 2.05) is 18.2 Å². The van der Waals surface area contributed by atoms with Crippen LogP contribution in [0.25, 0.3) is 0 Å². The molecule has 2 aromatic carbocycles. The van der Waals surface area contributed by atoms with Gasteiger partial charge in [0.25, 0.3) is 0 Å². The smallest absolute Gasteiger partial charge is 0.224 e. The van der Waals surface area contributed by atoms with Crippen LogP contribution in [0.3, 0.4) is 0 Å². The van der Waals surface area contributed by atoms with E-state index in [0.29, 0.717) is 42.7 Å². The van der Waals surface area contributed by atoms with E-state index in [4.69, 9.17) is 0 Å². The van der Waals surface area contributed by atoms with Crippen molar-refractivity contribution in [2.75, 3.05) is 6.54 Å². The van der Waals surface area contributed by atoms with Crippen molar-refractivity contribution < 1.29 is 9.59 Å². The summed E-state index contributed by atoms with van der Waals surface area (Å²) >= 11 is 0. The molecule has 206 valence electrons. The molecule has 7 atom stereocenters. The van der Waals surface area contributed by atoms with Gasteiger partial charge < -0.3 is 10.2 Å². The molecular weight excluding hydrogens is 480 g/mol. The molecule has 1 N–H and O–H groups in total. The number of amides is 2. The Hall–Kier alpha value is -2.88. The summed E-state index contributed by atoms with van der Waals surface area (Å²) in [6, 6.07) is 20.9. The minimum Gasteiger partial charge on any atom is -0.345 e. The molecule has 0 radical (unpaired) electrons. The van der Waals surface area contributed by atoms with E-state index >= 15 is 0 Å². The van der Waals surface area contributed by atoms with Crippen LogP contribution in [0, 0.1) is 34.5 Å². The van der Waals surface area contributed by atoms with Crippen molar-refractivity contribution in [1.82, 2.24) is 10.2 Å². The van der Waals surface area contributed by atoms with Gasteiger partial charge in [0.1, 0.15) is 0 Å². The number of carbonyl (C=O) groups excluding carboxylic acids is 2. The van der Waals surface area contributed by atoms with Crippen molar-refractivity contribution in [2.45, 2.75) is 77.3 Å². The Morgan fingerprint density at radius 1 is 0.923 bits per heavy atom. The van der Waals surface area contributed by atoms with E-state index < -0.39 is 0 Å². The van der Waals surface area contributed by atoms with Gasteiger partial charge in [-0.15, -0.1) is 6.58 Å². The molecule has 2 amide bonds. The van der Waals surface area contributed by atoms with Crippen LogP contribution in [0.4, 0.5) is 0 Å². The van der Waals surface area contributed by atoms with Crippen molar-refractivity contribution in [1.29, 1.82) is 0 Å². The molecular formula is C35H44N2O2. The highest BCUT2D eigenvalue weighted by atomic mass is 16.2. The average Bonchev–Trinajstić information content (AvgIpc) is 3.32. The lowest BCUT2D eigenvalue weighted by molar-refractivity contribution is -0.161. The summed E-state index contributed by atoms with van der Waals surface area (Å²) in [5.74, 6) is 2.45. The van der Waals surface area contributed by atoms with Gasteiger partial charge in [0.15, 0.2) is 0 Å². The van der Waals surface area contributed by atoms with Gasteiger partial charge in [-0.25, -0.2) is 0 Å². The van der Waals surface area contributed by atoms with Crippen LogP contribution >= 0.6 is 0 Å². The minimum absolute atomic E-state index is 0.0393. The first-order chi connectivity index (χ1) is 18.9. The molecule has 4 aliphatic rings. The van der Waals surface area contributed by atoms with Crippen molar-refractivity contribution in [3.63, 3.8) is 0 Å². The maximum absolute atomic E-state index is 14.1. The number of hydrogen-bond acceptors (Lipinski definition) is 2. The fourth-order valence-corrected chi connectivity index (χ4v) is 9.69. The standard InChI is InChI=1S/C35H44N2O2/c1-4-23-37-30-18-15-26-27-16-17-29(34(27,2)21-19-28(26)35(30,3)22-20-31(37)38)33(39)36-32(24-11-7-5-8-12-24)25-13-9-6-10-14-25/h4-14,26-30,32H,1,15-23H2,2-3H3,(H,36,39)/t26-,27-,28+,29?,30?,34-,35+/m0/s1. The van der Waals surface area contributed by atoms with Gasteiger partial charge >= 0.3 is 0 Å². The molecule has 4 heteroatoms. The largest absolute Gasteiger partial charge is 0.345 e. The summed E-state index contributed by atoms with van der Waals surface area (Å²) in [5, 5.41) is 3.51. The lowest BCUT2D eigenvalue weighted by Gasteiger charge is -2.62.